The van der Waals surface area contributed by atoms with Crippen LogP contribution in [0.1, 0.15) is 49.5 Å². The monoisotopic (exact) mass is 357 g/mol. The van der Waals surface area contributed by atoms with Crippen molar-refractivity contribution in [2.45, 2.75) is 44.6 Å². The molecule has 0 aliphatic heterocycles. The van der Waals surface area contributed by atoms with Gasteiger partial charge in [0.1, 0.15) is 5.69 Å². The van der Waals surface area contributed by atoms with Crippen molar-refractivity contribution >= 4 is 22.7 Å². The van der Waals surface area contributed by atoms with Crippen molar-refractivity contribution in [1.82, 2.24) is 15.6 Å². The Morgan fingerprint density at radius 1 is 1.19 bits per heavy atom. The van der Waals surface area contributed by atoms with Crippen LogP contribution in [0.15, 0.2) is 30.3 Å². The van der Waals surface area contributed by atoms with Gasteiger partial charge in [-0.3, -0.25) is 9.59 Å². The second kappa shape index (κ2) is 7.91. The Morgan fingerprint density at radius 3 is 2.65 bits per heavy atom. The van der Waals surface area contributed by atoms with Crippen molar-refractivity contribution < 1.29 is 14.7 Å². The van der Waals surface area contributed by atoms with E-state index in [1.165, 1.54) is 6.42 Å². The van der Waals surface area contributed by atoms with E-state index in [0.29, 0.717) is 5.69 Å². The zero-order valence-corrected chi connectivity index (χ0v) is 15.2. The number of H-pyrrole nitrogens is 1. The van der Waals surface area contributed by atoms with E-state index >= 15 is 0 Å². The number of aromatic nitrogens is 1. The molecule has 6 nitrogen and oxygen atoms in total. The van der Waals surface area contributed by atoms with Crippen LogP contribution in [-0.2, 0) is 4.79 Å². The Hall–Kier alpha value is -2.34. The molecule has 6 heteroatoms. The molecule has 4 N–H and O–H groups in total. The van der Waals surface area contributed by atoms with Crippen LogP contribution < -0.4 is 10.6 Å². The first-order chi connectivity index (χ1) is 12.5. The van der Waals surface area contributed by atoms with Gasteiger partial charge in [-0.2, -0.15) is 0 Å². The minimum Gasteiger partial charge on any atom is -0.388 e. The summed E-state index contributed by atoms with van der Waals surface area (Å²) in [5.74, 6) is -0.404. The molecule has 1 heterocycles. The van der Waals surface area contributed by atoms with E-state index in [0.717, 1.165) is 36.6 Å². The zero-order chi connectivity index (χ0) is 18.6. The summed E-state index contributed by atoms with van der Waals surface area (Å²) in [7, 11) is 0. The lowest BCUT2D eigenvalue weighted by Gasteiger charge is -2.35. The predicted molar refractivity (Wildman–Crippen MR) is 101 cm³/mol. The molecule has 0 radical (unpaired) electrons. The van der Waals surface area contributed by atoms with Crippen LogP contribution in [0.3, 0.4) is 0 Å². The molecule has 0 bridgehead atoms. The molecule has 1 aliphatic rings. The first kappa shape index (κ1) is 18.5. The number of hydrogen-bond acceptors (Lipinski definition) is 3. The Balaban J connectivity index is 1.46. The van der Waals surface area contributed by atoms with E-state index in [2.05, 4.69) is 15.6 Å². The van der Waals surface area contributed by atoms with Crippen molar-refractivity contribution in [2.24, 2.45) is 5.92 Å². The van der Waals surface area contributed by atoms with Gasteiger partial charge in [-0.15, -0.1) is 0 Å². The van der Waals surface area contributed by atoms with Crippen molar-refractivity contribution in [1.29, 1.82) is 0 Å². The Bertz CT molecular complexity index is 742. The highest BCUT2D eigenvalue weighted by Crippen LogP contribution is 2.32. The van der Waals surface area contributed by atoms with E-state index in [-0.39, 0.29) is 30.8 Å². The standard InChI is InChI=1S/C20H27N3O3/c1-20(26,15-8-3-2-4-9-15)13-22-18(24)12-21-19(25)17-11-14-7-5-6-10-16(14)23-17/h5-7,10-11,15,23,26H,2-4,8-9,12-13H2,1H3,(H,21,25)(H,22,24)/t20-/m1/s1. The van der Waals surface area contributed by atoms with E-state index in [4.69, 9.17) is 0 Å². The van der Waals surface area contributed by atoms with Crippen LogP contribution in [0.2, 0.25) is 0 Å². The van der Waals surface area contributed by atoms with E-state index in [9.17, 15) is 14.7 Å². The molecule has 26 heavy (non-hydrogen) atoms. The summed E-state index contributed by atoms with van der Waals surface area (Å²) >= 11 is 0. The summed E-state index contributed by atoms with van der Waals surface area (Å²) in [4.78, 5) is 27.3. The molecule has 3 rings (SSSR count). The molecule has 0 unspecified atom stereocenters. The molecular weight excluding hydrogens is 330 g/mol. The van der Waals surface area contributed by atoms with Gasteiger partial charge in [-0.05, 0) is 37.8 Å². The number of para-hydroxylation sites is 1. The third kappa shape index (κ3) is 4.43. The van der Waals surface area contributed by atoms with E-state index < -0.39 is 5.60 Å². The van der Waals surface area contributed by atoms with Crippen molar-refractivity contribution in [3.63, 3.8) is 0 Å². The number of aromatic amines is 1. The smallest absolute Gasteiger partial charge is 0.268 e. The van der Waals surface area contributed by atoms with Gasteiger partial charge in [-0.1, -0.05) is 37.5 Å². The zero-order valence-electron chi connectivity index (χ0n) is 15.2. The van der Waals surface area contributed by atoms with Crippen LogP contribution in [-0.4, -0.2) is 40.6 Å². The molecule has 1 fully saturated rings. The van der Waals surface area contributed by atoms with Gasteiger partial charge in [-0.25, -0.2) is 0 Å². The summed E-state index contributed by atoms with van der Waals surface area (Å²) in [6.45, 7) is 1.88. The summed E-state index contributed by atoms with van der Waals surface area (Å²) in [6, 6.07) is 9.38. The molecule has 0 spiro atoms. The fourth-order valence-corrected chi connectivity index (χ4v) is 3.66. The highest BCUT2D eigenvalue weighted by atomic mass is 16.3. The average molecular weight is 357 g/mol. The highest BCUT2D eigenvalue weighted by Gasteiger charge is 2.32. The van der Waals surface area contributed by atoms with Crippen molar-refractivity contribution in [3.8, 4) is 0 Å². The molecule has 140 valence electrons. The Morgan fingerprint density at radius 2 is 1.92 bits per heavy atom. The van der Waals surface area contributed by atoms with Crippen LogP contribution in [0, 0.1) is 5.92 Å². The predicted octanol–water partition coefficient (Wildman–Crippen LogP) is 2.35. The highest BCUT2D eigenvalue weighted by molar-refractivity contribution is 5.99. The topological polar surface area (TPSA) is 94.2 Å². The fourth-order valence-electron chi connectivity index (χ4n) is 3.66. The summed E-state index contributed by atoms with van der Waals surface area (Å²) in [5.41, 5.74) is 0.399. The molecule has 1 aromatic heterocycles. The molecule has 2 amide bonds. The average Bonchev–Trinajstić information content (AvgIpc) is 3.09. The number of nitrogens with one attached hydrogen (secondary N) is 3. The number of amides is 2. The second-order valence-electron chi connectivity index (χ2n) is 7.42. The molecule has 0 saturated heterocycles. The largest absolute Gasteiger partial charge is 0.388 e. The maximum atomic E-state index is 12.2. The molecule has 1 aliphatic carbocycles. The van der Waals surface area contributed by atoms with Crippen LogP contribution >= 0.6 is 0 Å². The van der Waals surface area contributed by atoms with Crippen LogP contribution in [0.25, 0.3) is 10.9 Å². The molecular formula is C20H27N3O3. The first-order valence-corrected chi connectivity index (χ1v) is 9.31. The quantitative estimate of drug-likeness (QED) is 0.639. The minimum atomic E-state index is -0.905. The molecule has 2 aromatic rings. The Labute approximate surface area is 153 Å². The normalized spacial score (nSPS) is 17.6. The maximum absolute atomic E-state index is 12.2. The summed E-state index contributed by atoms with van der Waals surface area (Å²) < 4.78 is 0. The number of rotatable bonds is 6. The number of aliphatic hydroxyl groups is 1. The maximum Gasteiger partial charge on any atom is 0.268 e. The number of benzene rings is 1. The van der Waals surface area contributed by atoms with Gasteiger partial charge in [0.15, 0.2) is 0 Å². The number of carbonyl (C=O) groups is 2. The number of carbonyl (C=O) groups excluding carboxylic acids is 2. The van der Waals surface area contributed by atoms with Gasteiger partial charge in [0.05, 0.1) is 12.1 Å². The van der Waals surface area contributed by atoms with Gasteiger partial charge in [0.2, 0.25) is 5.91 Å². The SMILES string of the molecule is C[C@@](O)(CNC(=O)CNC(=O)c1cc2ccccc2[nH]1)C1CCCCC1. The summed E-state index contributed by atoms with van der Waals surface area (Å²) in [6.07, 6.45) is 5.49. The lowest BCUT2D eigenvalue weighted by molar-refractivity contribution is -0.122. The van der Waals surface area contributed by atoms with Crippen molar-refractivity contribution in [2.75, 3.05) is 13.1 Å². The van der Waals surface area contributed by atoms with Crippen LogP contribution in [0.4, 0.5) is 0 Å². The van der Waals surface area contributed by atoms with Gasteiger partial charge in [0.25, 0.3) is 5.91 Å². The van der Waals surface area contributed by atoms with E-state index in [1.54, 1.807) is 13.0 Å². The minimum absolute atomic E-state index is 0.116. The third-order valence-electron chi connectivity index (χ3n) is 5.31. The fraction of sp³-hybridized carbons (Fsp3) is 0.500. The third-order valence-corrected chi connectivity index (χ3v) is 5.31. The van der Waals surface area contributed by atoms with Gasteiger partial charge < -0.3 is 20.7 Å². The second-order valence-corrected chi connectivity index (χ2v) is 7.42. The van der Waals surface area contributed by atoms with E-state index in [1.807, 2.05) is 24.3 Å². The molecule has 1 saturated carbocycles. The van der Waals surface area contributed by atoms with Crippen molar-refractivity contribution in [3.05, 3.63) is 36.0 Å². The lowest BCUT2D eigenvalue weighted by atomic mass is 9.78. The molecule has 1 aromatic carbocycles. The molecule has 1 atom stereocenters. The number of hydrogen-bond donors (Lipinski definition) is 4. The lowest BCUT2D eigenvalue weighted by Crippen LogP contribution is -2.48. The van der Waals surface area contributed by atoms with Crippen LogP contribution in [0.5, 0.6) is 0 Å². The number of fused-ring (bicyclic) bond motifs is 1. The first-order valence-electron chi connectivity index (χ1n) is 9.31. The Kier molecular flexibility index (Phi) is 5.61. The van der Waals surface area contributed by atoms with Gasteiger partial charge in [0, 0.05) is 17.4 Å². The summed E-state index contributed by atoms with van der Waals surface area (Å²) in [5, 5.41) is 16.9. The van der Waals surface area contributed by atoms with Gasteiger partial charge >= 0.3 is 0 Å².